The predicted molar refractivity (Wildman–Crippen MR) is 129 cm³/mol. The van der Waals surface area contributed by atoms with Gasteiger partial charge in [0.15, 0.2) is 0 Å². The molecule has 0 heterocycles. The Morgan fingerprint density at radius 2 is 1.62 bits per heavy atom. The van der Waals surface area contributed by atoms with Crippen LogP contribution in [0, 0.1) is 20.8 Å². The van der Waals surface area contributed by atoms with Crippen molar-refractivity contribution in [3.05, 3.63) is 63.7 Å². The van der Waals surface area contributed by atoms with Gasteiger partial charge >= 0.3 is 0 Å². The Bertz CT molecular complexity index is 1040. The van der Waals surface area contributed by atoms with E-state index in [1.54, 1.807) is 12.1 Å². The fraction of sp³-hybridized carbons (Fsp3) is 0.480. The van der Waals surface area contributed by atoms with E-state index in [0.717, 1.165) is 54.4 Å². The lowest BCUT2D eigenvalue weighted by atomic mass is 9.95. The number of hydrogen-bond donors (Lipinski definition) is 1. The zero-order valence-electron chi connectivity index (χ0n) is 19.3. The van der Waals surface area contributed by atoms with Gasteiger partial charge in [0, 0.05) is 11.1 Å². The van der Waals surface area contributed by atoms with Crippen LogP contribution in [-0.4, -0.2) is 31.2 Å². The first-order valence-corrected chi connectivity index (χ1v) is 13.1. The van der Waals surface area contributed by atoms with Gasteiger partial charge in [-0.25, -0.2) is 8.42 Å². The van der Waals surface area contributed by atoms with Crippen LogP contribution < -0.4 is 5.32 Å². The summed E-state index contributed by atoms with van der Waals surface area (Å²) in [5.41, 5.74) is 3.38. The molecule has 0 saturated heterocycles. The second-order valence-corrected chi connectivity index (χ2v) is 11.2. The molecule has 1 N–H and O–H groups in total. The van der Waals surface area contributed by atoms with Crippen molar-refractivity contribution in [2.75, 3.05) is 6.54 Å². The molecular formula is C25H33ClN2O3S. The van der Waals surface area contributed by atoms with Crippen molar-refractivity contribution in [2.45, 2.75) is 76.8 Å². The first-order chi connectivity index (χ1) is 15.1. The Morgan fingerprint density at radius 3 is 2.19 bits per heavy atom. The van der Waals surface area contributed by atoms with Gasteiger partial charge in [0.05, 0.1) is 17.5 Å². The highest BCUT2D eigenvalue weighted by molar-refractivity contribution is 7.89. The molecule has 32 heavy (non-hydrogen) atoms. The molecular weight excluding hydrogens is 444 g/mol. The Labute approximate surface area is 197 Å². The van der Waals surface area contributed by atoms with Gasteiger partial charge in [0.2, 0.25) is 15.9 Å². The smallest absolute Gasteiger partial charge is 0.244 e. The normalized spacial score (nSPS) is 16.2. The Morgan fingerprint density at radius 1 is 1.06 bits per heavy atom. The lowest BCUT2D eigenvalue weighted by Gasteiger charge is -2.34. The average Bonchev–Trinajstić information content (AvgIpc) is 2.72. The predicted octanol–water partition coefficient (Wildman–Crippen LogP) is 5.47. The average molecular weight is 477 g/mol. The van der Waals surface area contributed by atoms with Gasteiger partial charge in [-0.1, -0.05) is 60.7 Å². The van der Waals surface area contributed by atoms with Gasteiger partial charge in [-0.3, -0.25) is 4.79 Å². The number of nitrogens with one attached hydrogen (secondary N) is 1. The molecule has 7 heteroatoms. The highest BCUT2D eigenvalue weighted by Gasteiger charge is 2.36. The number of sulfonamides is 1. The minimum absolute atomic E-state index is 0.162. The van der Waals surface area contributed by atoms with Crippen molar-refractivity contribution in [2.24, 2.45) is 0 Å². The summed E-state index contributed by atoms with van der Waals surface area (Å²) in [6, 6.07) is 10.7. The first kappa shape index (κ1) is 24.7. The summed E-state index contributed by atoms with van der Waals surface area (Å²) in [6.45, 7) is 7.32. The molecule has 1 aliphatic carbocycles. The zero-order chi connectivity index (χ0) is 23.5. The van der Waals surface area contributed by atoms with E-state index in [9.17, 15) is 13.2 Å². The standard InChI is InChI=1S/C25H33ClN2O3S/c1-17-14-18(2)25(19(3)15-17)32(30,31)28(23-8-6-5-7-9-23)16-24(29)27-20(4)21-10-12-22(26)13-11-21/h10-15,20,23H,5-9,16H2,1-4H3,(H,27,29)/t20-/m1/s1. The van der Waals surface area contributed by atoms with Crippen LogP contribution in [0.15, 0.2) is 41.3 Å². The minimum Gasteiger partial charge on any atom is -0.348 e. The Hall–Kier alpha value is -1.89. The van der Waals surface area contributed by atoms with Crippen molar-refractivity contribution in [3.63, 3.8) is 0 Å². The highest BCUT2D eigenvalue weighted by atomic mass is 35.5. The molecule has 0 radical (unpaired) electrons. The molecule has 3 rings (SSSR count). The van der Waals surface area contributed by atoms with E-state index in [0.29, 0.717) is 9.92 Å². The maximum Gasteiger partial charge on any atom is 0.244 e. The molecule has 174 valence electrons. The molecule has 1 fully saturated rings. The number of rotatable bonds is 7. The lowest BCUT2D eigenvalue weighted by molar-refractivity contribution is -0.122. The second-order valence-electron chi connectivity index (χ2n) is 8.91. The van der Waals surface area contributed by atoms with Crippen LogP contribution in [0.25, 0.3) is 0 Å². The summed E-state index contributed by atoms with van der Waals surface area (Å²) in [6.07, 6.45) is 4.62. The summed E-state index contributed by atoms with van der Waals surface area (Å²) >= 11 is 5.96. The van der Waals surface area contributed by atoms with Crippen LogP contribution in [0.1, 0.15) is 67.3 Å². The van der Waals surface area contributed by atoms with Gasteiger partial charge in [0.1, 0.15) is 0 Å². The molecule has 2 aromatic rings. The van der Waals surface area contributed by atoms with Crippen molar-refractivity contribution in [3.8, 4) is 0 Å². The Balaban J connectivity index is 1.87. The lowest BCUT2D eigenvalue weighted by Crippen LogP contribution is -2.47. The van der Waals surface area contributed by atoms with E-state index in [1.165, 1.54) is 4.31 Å². The number of hydrogen-bond acceptors (Lipinski definition) is 3. The van der Waals surface area contributed by atoms with Crippen LogP contribution in [-0.2, 0) is 14.8 Å². The number of halogens is 1. The third-order valence-corrected chi connectivity index (χ3v) is 8.66. The molecule has 1 aliphatic rings. The third kappa shape index (κ3) is 5.72. The van der Waals surface area contributed by atoms with E-state index in [1.807, 2.05) is 52.0 Å². The van der Waals surface area contributed by atoms with Gasteiger partial charge < -0.3 is 5.32 Å². The SMILES string of the molecule is Cc1cc(C)c(S(=O)(=O)N(CC(=O)N[C@H](C)c2ccc(Cl)cc2)C2CCCCC2)c(C)c1. The summed E-state index contributed by atoms with van der Waals surface area (Å²) in [5.74, 6) is -0.302. The van der Waals surface area contributed by atoms with E-state index in [-0.39, 0.29) is 24.5 Å². The minimum atomic E-state index is -3.82. The number of nitrogens with zero attached hydrogens (tertiary/aromatic N) is 1. The van der Waals surface area contributed by atoms with Crippen LogP contribution in [0.3, 0.4) is 0 Å². The van der Waals surface area contributed by atoms with Crippen LogP contribution in [0.5, 0.6) is 0 Å². The largest absolute Gasteiger partial charge is 0.348 e. The first-order valence-electron chi connectivity index (χ1n) is 11.2. The zero-order valence-corrected chi connectivity index (χ0v) is 20.9. The number of carbonyl (C=O) groups excluding carboxylic acids is 1. The van der Waals surface area contributed by atoms with Crippen LogP contribution >= 0.6 is 11.6 Å². The molecule has 0 spiro atoms. The van der Waals surface area contributed by atoms with Crippen molar-refractivity contribution in [1.82, 2.24) is 9.62 Å². The number of aryl methyl sites for hydroxylation is 3. The Kier molecular flexibility index (Phi) is 8.01. The molecule has 1 amide bonds. The van der Waals surface area contributed by atoms with Gasteiger partial charge in [-0.2, -0.15) is 4.31 Å². The second kappa shape index (κ2) is 10.4. The fourth-order valence-electron chi connectivity index (χ4n) is 4.73. The summed E-state index contributed by atoms with van der Waals surface area (Å²) in [7, 11) is -3.82. The van der Waals surface area contributed by atoms with E-state index < -0.39 is 10.0 Å². The third-order valence-electron chi connectivity index (χ3n) is 6.20. The number of amides is 1. The number of benzene rings is 2. The molecule has 1 saturated carbocycles. The molecule has 5 nitrogen and oxygen atoms in total. The molecule has 0 unspecified atom stereocenters. The highest BCUT2D eigenvalue weighted by Crippen LogP contribution is 2.31. The molecule has 2 aromatic carbocycles. The van der Waals surface area contributed by atoms with Gasteiger partial charge in [-0.15, -0.1) is 0 Å². The topological polar surface area (TPSA) is 66.5 Å². The molecule has 1 atom stereocenters. The van der Waals surface area contributed by atoms with E-state index >= 15 is 0 Å². The van der Waals surface area contributed by atoms with E-state index in [4.69, 9.17) is 11.6 Å². The maximum atomic E-state index is 13.8. The molecule has 0 aliphatic heterocycles. The molecule has 0 bridgehead atoms. The number of carbonyl (C=O) groups is 1. The maximum absolute atomic E-state index is 13.8. The fourth-order valence-corrected chi connectivity index (χ4v) is 6.92. The quantitative estimate of drug-likeness (QED) is 0.576. The van der Waals surface area contributed by atoms with Crippen molar-refractivity contribution < 1.29 is 13.2 Å². The van der Waals surface area contributed by atoms with Crippen molar-refractivity contribution in [1.29, 1.82) is 0 Å². The van der Waals surface area contributed by atoms with E-state index in [2.05, 4.69) is 5.32 Å². The molecule has 0 aromatic heterocycles. The summed E-state index contributed by atoms with van der Waals surface area (Å²) in [5, 5.41) is 3.59. The van der Waals surface area contributed by atoms with Gasteiger partial charge in [0.25, 0.3) is 0 Å². The summed E-state index contributed by atoms with van der Waals surface area (Å²) < 4.78 is 29.1. The van der Waals surface area contributed by atoms with Crippen LogP contribution in [0.4, 0.5) is 0 Å². The van der Waals surface area contributed by atoms with Crippen LogP contribution in [0.2, 0.25) is 5.02 Å². The summed E-state index contributed by atoms with van der Waals surface area (Å²) in [4.78, 5) is 13.3. The monoisotopic (exact) mass is 476 g/mol. The van der Waals surface area contributed by atoms with Crippen molar-refractivity contribution >= 4 is 27.5 Å². The van der Waals surface area contributed by atoms with Gasteiger partial charge in [-0.05, 0) is 69.4 Å².